The summed E-state index contributed by atoms with van der Waals surface area (Å²) in [6.45, 7) is 8.81. The number of ketones is 1. The molecule has 4 nitrogen and oxygen atoms in total. The van der Waals surface area contributed by atoms with Crippen molar-refractivity contribution in [2.45, 2.75) is 91.6 Å². The Hall–Kier alpha value is -1.42. The number of allylic oxidation sites excluding steroid dienone is 4. The molecule has 1 aliphatic carbocycles. The molecule has 1 rings (SSSR count). The molecular formula is C23H38O4. The van der Waals surface area contributed by atoms with Gasteiger partial charge in [-0.25, -0.2) is 4.79 Å². The third-order valence-electron chi connectivity index (χ3n) is 5.55. The molecule has 0 spiro atoms. The van der Waals surface area contributed by atoms with Gasteiger partial charge in [0, 0.05) is 12.3 Å². The van der Waals surface area contributed by atoms with Crippen molar-refractivity contribution in [2.24, 2.45) is 17.3 Å². The van der Waals surface area contributed by atoms with E-state index in [2.05, 4.69) is 45.9 Å². The fourth-order valence-electron chi connectivity index (χ4n) is 3.67. The molecule has 154 valence electrons. The summed E-state index contributed by atoms with van der Waals surface area (Å²) in [5.41, 5.74) is 1.58. The van der Waals surface area contributed by atoms with Crippen LogP contribution in [0.1, 0.15) is 85.5 Å². The average molecular weight is 379 g/mol. The van der Waals surface area contributed by atoms with E-state index in [-0.39, 0.29) is 17.8 Å². The monoisotopic (exact) mass is 378 g/mol. The number of hydrogen-bond acceptors (Lipinski definition) is 3. The van der Waals surface area contributed by atoms with Crippen molar-refractivity contribution in [1.29, 1.82) is 0 Å². The van der Waals surface area contributed by atoms with Crippen LogP contribution in [0.5, 0.6) is 0 Å². The molecule has 2 N–H and O–H groups in total. The molecule has 1 saturated carbocycles. The maximum atomic E-state index is 12.2. The predicted octanol–water partition coefficient (Wildman–Crippen LogP) is 5.31. The van der Waals surface area contributed by atoms with Crippen molar-refractivity contribution in [3.05, 3.63) is 23.8 Å². The molecule has 0 radical (unpaired) electrons. The highest BCUT2D eigenvalue weighted by Gasteiger charge is 2.32. The Morgan fingerprint density at radius 2 is 1.93 bits per heavy atom. The van der Waals surface area contributed by atoms with Gasteiger partial charge in [0.25, 0.3) is 0 Å². The Labute approximate surface area is 164 Å². The van der Waals surface area contributed by atoms with Gasteiger partial charge in [-0.1, -0.05) is 56.9 Å². The highest BCUT2D eigenvalue weighted by atomic mass is 16.4. The topological polar surface area (TPSA) is 74.6 Å². The number of Topliss-reactive ketones (excluding diaryl/α,β-unsaturated/α-hetero) is 1. The minimum atomic E-state index is -1.26. The molecule has 3 atom stereocenters. The zero-order chi connectivity index (χ0) is 20.4. The molecule has 0 aliphatic heterocycles. The van der Waals surface area contributed by atoms with Gasteiger partial charge in [-0.3, -0.25) is 4.79 Å². The van der Waals surface area contributed by atoms with Gasteiger partial charge in [0.15, 0.2) is 6.10 Å². The number of carboxylic acids is 1. The number of rotatable bonds is 12. The Morgan fingerprint density at radius 1 is 1.22 bits per heavy atom. The third kappa shape index (κ3) is 9.37. The number of carbonyl (C=O) groups excluding carboxylic acids is 1. The summed E-state index contributed by atoms with van der Waals surface area (Å²) in [5.74, 6) is -0.314. The lowest BCUT2D eigenvalue weighted by Gasteiger charge is -2.22. The second-order valence-corrected chi connectivity index (χ2v) is 9.05. The van der Waals surface area contributed by atoms with Gasteiger partial charge in [0.2, 0.25) is 0 Å². The maximum absolute atomic E-state index is 12.2. The van der Waals surface area contributed by atoms with Crippen LogP contribution >= 0.6 is 0 Å². The van der Waals surface area contributed by atoms with E-state index in [0.29, 0.717) is 24.5 Å². The van der Waals surface area contributed by atoms with Crippen molar-refractivity contribution < 1.29 is 19.8 Å². The molecule has 0 amide bonds. The molecule has 0 aromatic carbocycles. The van der Waals surface area contributed by atoms with Crippen LogP contribution in [0, 0.1) is 17.3 Å². The van der Waals surface area contributed by atoms with Gasteiger partial charge in [0.05, 0.1) is 0 Å². The number of carboxylic acid groups (broad SMARTS) is 1. The molecule has 1 fully saturated rings. The quantitative estimate of drug-likeness (QED) is 0.357. The van der Waals surface area contributed by atoms with E-state index >= 15 is 0 Å². The summed E-state index contributed by atoms with van der Waals surface area (Å²) in [6, 6.07) is 0. The van der Waals surface area contributed by atoms with E-state index in [9.17, 15) is 14.7 Å². The molecular weight excluding hydrogens is 340 g/mol. The maximum Gasteiger partial charge on any atom is 0.332 e. The van der Waals surface area contributed by atoms with Gasteiger partial charge in [-0.05, 0) is 57.3 Å². The molecule has 4 heteroatoms. The summed E-state index contributed by atoms with van der Waals surface area (Å²) in [4.78, 5) is 22.8. The highest BCUT2D eigenvalue weighted by Crippen LogP contribution is 2.35. The van der Waals surface area contributed by atoms with Crippen molar-refractivity contribution in [3.63, 3.8) is 0 Å². The Kier molecular flexibility index (Phi) is 10.00. The minimum absolute atomic E-state index is 0.117. The van der Waals surface area contributed by atoms with Crippen LogP contribution in [0.25, 0.3) is 0 Å². The van der Waals surface area contributed by atoms with E-state index in [0.717, 1.165) is 38.5 Å². The number of aliphatic hydroxyl groups is 1. The third-order valence-corrected chi connectivity index (χ3v) is 5.55. The predicted molar refractivity (Wildman–Crippen MR) is 110 cm³/mol. The average Bonchev–Trinajstić information content (AvgIpc) is 2.92. The van der Waals surface area contributed by atoms with E-state index in [1.807, 2.05) is 0 Å². The van der Waals surface area contributed by atoms with Crippen LogP contribution in [-0.4, -0.2) is 28.1 Å². The summed E-state index contributed by atoms with van der Waals surface area (Å²) in [7, 11) is 0. The fraction of sp³-hybridized carbons (Fsp3) is 0.739. The van der Waals surface area contributed by atoms with Crippen molar-refractivity contribution in [2.75, 3.05) is 0 Å². The highest BCUT2D eigenvalue weighted by molar-refractivity contribution is 5.83. The van der Waals surface area contributed by atoms with E-state index in [4.69, 9.17) is 5.11 Å². The van der Waals surface area contributed by atoms with Crippen LogP contribution in [0.2, 0.25) is 0 Å². The summed E-state index contributed by atoms with van der Waals surface area (Å²) >= 11 is 0. The van der Waals surface area contributed by atoms with Crippen LogP contribution in [0.3, 0.4) is 0 Å². The first-order valence-corrected chi connectivity index (χ1v) is 10.4. The molecule has 0 saturated heterocycles. The van der Waals surface area contributed by atoms with Crippen LogP contribution in [0.4, 0.5) is 0 Å². The first-order chi connectivity index (χ1) is 12.6. The summed E-state index contributed by atoms with van der Waals surface area (Å²) in [6.07, 6.45) is 12.9. The van der Waals surface area contributed by atoms with Crippen molar-refractivity contribution in [3.8, 4) is 0 Å². The Bertz CT molecular complexity index is 541. The van der Waals surface area contributed by atoms with Gasteiger partial charge in [0.1, 0.15) is 5.78 Å². The number of unbranched alkanes of at least 4 members (excludes halogenated alkanes) is 2. The second kappa shape index (κ2) is 11.4. The van der Waals surface area contributed by atoms with Crippen LogP contribution in [0.15, 0.2) is 23.8 Å². The van der Waals surface area contributed by atoms with Gasteiger partial charge in [-0.2, -0.15) is 0 Å². The zero-order valence-corrected chi connectivity index (χ0v) is 17.5. The first-order valence-electron chi connectivity index (χ1n) is 10.4. The van der Waals surface area contributed by atoms with E-state index in [1.54, 1.807) is 0 Å². The summed E-state index contributed by atoms with van der Waals surface area (Å²) < 4.78 is 0. The van der Waals surface area contributed by atoms with Gasteiger partial charge < -0.3 is 10.2 Å². The Morgan fingerprint density at radius 3 is 2.56 bits per heavy atom. The largest absolute Gasteiger partial charge is 0.479 e. The van der Waals surface area contributed by atoms with E-state index < -0.39 is 12.1 Å². The zero-order valence-electron chi connectivity index (χ0n) is 17.5. The smallest absolute Gasteiger partial charge is 0.332 e. The number of carbonyl (C=O) groups is 2. The molecule has 0 aromatic rings. The van der Waals surface area contributed by atoms with Crippen molar-refractivity contribution >= 4 is 11.8 Å². The number of aliphatic hydroxyl groups excluding tert-OH is 1. The fourth-order valence-corrected chi connectivity index (χ4v) is 3.67. The van der Waals surface area contributed by atoms with Crippen molar-refractivity contribution in [1.82, 2.24) is 0 Å². The molecule has 0 bridgehead atoms. The lowest BCUT2D eigenvalue weighted by Crippen LogP contribution is -2.19. The standard InChI is InChI=1S/C23H38O4/c1-17(2)14-16-23(3,4)15-8-9-18-12-13-20(24)19(18)10-6-5-7-11-21(25)22(26)27/h8-9,14,18-19,21,25H,5-7,10-13,15-16H2,1-4H3,(H,26,27)/t18-,19+,21?/m0/s1. The lowest BCUT2D eigenvalue weighted by molar-refractivity contribution is -0.147. The van der Waals surface area contributed by atoms with Gasteiger partial charge in [-0.15, -0.1) is 0 Å². The second-order valence-electron chi connectivity index (χ2n) is 9.05. The molecule has 0 aromatic heterocycles. The van der Waals surface area contributed by atoms with Gasteiger partial charge >= 0.3 is 5.97 Å². The van der Waals surface area contributed by atoms with Crippen LogP contribution < -0.4 is 0 Å². The Balaban J connectivity index is 2.40. The lowest BCUT2D eigenvalue weighted by atomic mass is 9.83. The normalized spacial score (nSPS) is 21.6. The number of aliphatic carboxylic acids is 1. The summed E-state index contributed by atoms with van der Waals surface area (Å²) in [5, 5.41) is 18.0. The van der Waals surface area contributed by atoms with Crippen LogP contribution in [-0.2, 0) is 9.59 Å². The molecule has 0 heterocycles. The SMILES string of the molecule is CC(C)=CCC(C)(C)CC=C[C@H]1CCC(=O)[C@@H]1CCCCCC(O)C(=O)O. The molecule has 1 aliphatic rings. The number of hydrogen-bond donors (Lipinski definition) is 2. The molecule has 1 unspecified atom stereocenters. The minimum Gasteiger partial charge on any atom is -0.479 e. The molecule has 27 heavy (non-hydrogen) atoms. The first kappa shape index (κ1) is 23.6. The van der Waals surface area contributed by atoms with E-state index in [1.165, 1.54) is 5.57 Å².